The highest BCUT2D eigenvalue weighted by molar-refractivity contribution is 5.93. The molecule has 1 aliphatic rings. The Labute approximate surface area is 175 Å². The Morgan fingerprint density at radius 2 is 1.87 bits per heavy atom. The van der Waals surface area contributed by atoms with Crippen molar-refractivity contribution < 1.29 is 24.3 Å². The van der Waals surface area contributed by atoms with Gasteiger partial charge in [-0.25, -0.2) is 4.79 Å². The van der Waals surface area contributed by atoms with E-state index < -0.39 is 35.9 Å². The van der Waals surface area contributed by atoms with Crippen molar-refractivity contribution >= 4 is 29.7 Å². The highest BCUT2D eigenvalue weighted by atomic mass is 16.4. The van der Waals surface area contributed by atoms with Gasteiger partial charge in [-0.2, -0.15) is 0 Å². The predicted octanol–water partition coefficient (Wildman–Crippen LogP) is -2.30. The number of aliphatic carboxylic acids is 1. The Bertz CT molecular complexity index is 663. The summed E-state index contributed by atoms with van der Waals surface area (Å²) in [5.74, 6) is -3.05. The Morgan fingerprint density at radius 1 is 1.20 bits per heavy atom. The van der Waals surface area contributed by atoms with Crippen LogP contribution in [0.2, 0.25) is 0 Å². The van der Waals surface area contributed by atoms with Gasteiger partial charge < -0.3 is 37.8 Å². The molecule has 1 saturated heterocycles. The molecule has 1 aliphatic heterocycles. The molecule has 1 rings (SSSR count). The van der Waals surface area contributed by atoms with Crippen LogP contribution in [-0.4, -0.2) is 77.4 Å². The van der Waals surface area contributed by atoms with Gasteiger partial charge in [0.15, 0.2) is 5.96 Å². The van der Waals surface area contributed by atoms with Gasteiger partial charge in [-0.15, -0.1) is 0 Å². The minimum atomic E-state index is -1.17. The molecule has 0 aromatic carbocycles. The van der Waals surface area contributed by atoms with Crippen LogP contribution in [0.25, 0.3) is 0 Å². The average Bonchev–Trinajstić information content (AvgIpc) is 3.16. The number of hydrogen-bond donors (Lipinski definition) is 6. The summed E-state index contributed by atoms with van der Waals surface area (Å²) < 4.78 is 0. The molecule has 1 heterocycles. The molecule has 0 aromatic heterocycles. The van der Waals surface area contributed by atoms with Crippen LogP contribution in [0.5, 0.6) is 0 Å². The number of guanidine groups is 1. The van der Waals surface area contributed by atoms with E-state index in [1.807, 2.05) is 0 Å². The fourth-order valence-electron chi connectivity index (χ4n) is 3.26. The summed E-state index contributed by atoms with van der Waals surface area (Å²) >= 11 is 0. The predicted molar refractivity (Wildman–Crippen MR) is 110 cm³/mol. The maximum absolute atomic E-state index is 12.8. The third kappa shape index (κ3) is 7.50. The smallest absolute Gasteiger partial charge is 0.326 e. The Morgan fingerprint density at radius 3 is 2.40 bits per heavy atom. The molecule has 3 atom stereocenters. The van der Waals surface area contributed by atoms with E-state index in [4.69, 9.17) is 17.2 Å². The van der Waals surface area contributed by atoms with Gasteiger partial charge in [-0.05, 0) is 31.6 Å². The summed E-state index contributed by atoms with van der Waals surface area (Å²) in [5, 5.41) is 14.4. The van der Waals surface area contributed by atoms with E-state index in [0.717, 1.165) is 0 Å². The van der Waals surface area contributed by atoms with Crippen LogP contribution in [0.3, 0.4) is 0 Å². The lowest BCUT2D eigenvalue weighted by atomic mass is 10.0. The van der Waals surface area contributed by atoms with Gasteiger partial charge in [-0.3, -0.25) is 19.4 Å². The summed E-state index contributed by atoms with van der Waals surface area (Å²) in [6, 6.07) is -2.81. The number of nitrogens with two attached hydrogens (primary N) is 3. The van der Waals surface area contributed by atoms with Crippen LogP contribution in [0, 0.1) is 5.92 Å². The molecular weight excluding hydrogens is 394 g/mol. The van der Waals surface area contributed by atoms with Crippen LogP contribution < -0.4 is 27.8 Å². The van der Waals surface area contributed by atoms with Crippen LogP contribution >= 0.6 is 0 Å². The number of amides is 3. The van der Waals surface area contributed by atoms with Gasteiger partial charge in [0.2, 0.25) is 17.7 Å². The lowest BCUT2D eigenvalue weighted by Gasteiger charge is -2.27. The van der Waals surface area contributed by atoms with Crippen LogP contribution in [0.1, 0.15) is 39.5 Å². The summed E-state index contributed by atoms with van der Waals surface area (Å²) in [6.45, 7) is 3.79. The van der Waals surface area contributed by atoms with E-state index >= 15 is 0 Å². The molecular formula is C18H33N7O5. The number of nitrogens with zero attached hydrogens (tertiary/aromatic N) is 2. The maximum atomic E-state index is 12.8. The molecule has 0 spiro atoms. The number of carbonyl (C=O) groups excluding carboxylic acids is 3. The SMILES string of the molecule is CC(C)C(NC(=O)C(CCCN=C(N)N)NC(=O)C1CCCN1C(=O)CN)C(=O)O. The van der Waals surface area contributed by atoms with E-state index in [2.05, 4.69) is 15.6 Å². The molecule has 3 amide bonds. The number of carbonyl (C=O) groups is 4. The summed E-state index contributed by atoms with van der Waals surface area (Å²) in [7, 11) is 0. The number of rotatable bonds is 11. The van der Waals surface area contributed by atoms with Crippen molar-refractivity contribution in [2.45, 2.75) is 57.7 Å². The van der Waals surface area contributed by atoms with Crippen molar-refractivity contribution in [2.24, 2.45) is 28.1 Å². The molecule has 9 N–H and O–H groups in total. The Hall–Kier alpha value is -2.89. The number of aliphatic imine (C=N–C) groups is 1. The summed E-state index contributed by atoms with van der Waals surface area (Å²) in [5.41, 5.74) is 16.0. The largest absolute Gasteiger partial charge is 0.480 e. The number of carboxylic acid groups (broad SMARTS) is 1. The number of carboxylic acids is 1. The molecule has 3 unspecified atom stereocenters. The fraction of sp³-hybridized carbons (Fsp3) is 0.722. The van der Waals surface area contributed by atoms with Crippen molar-refractivity contribution in [3.8, 4) is 0 Å². The van der Waals surface area contributed by atoms with Gasteiger partial charge in [0.05, 0.1) is 6.54 Å². The van der Waals surface area contributed by atoms with Crippen molar-refractivity contribution in [2.75, 3.05) is 19.6 Å². The fourth-order valence-corrected chi connectivity index (χ4v) is 3.26. The normalized spacial score (nSPS) is 17.9. The third-order valence-electron chi connectivity index (χ3n) is 4.86. The number of likely N-dealkylation sites (tertiary alicyclic amines) is 1. The maximum Gasteiger partial charge on any atom is 0.326 e. The van der Waals surface area contributed by atoms with Gasteiger partial charge >= 0.3 is 5.97 Å². The first-order valence-electron chi connectivity index (χ1n) is 9.97. The molecule has 12 heteroatoms. The molecule has 0 aliphatic carbocycles. The molecule has 1 fully saturated rings. The van der Waals surface area contributed by atoms with E-state index in [9.17, 15) is 24.3 Å². The lowest BCUT2D eigenvalue weighted by Crippen LogP contribution is -2.56. The molecule has 12 nitrogen and oxygen atoms in total. The summed E-state index contributed by atoms with van der Waals surface area (Å²) in [4.78, 5) is 54.1. The topological polar surface area (TPSA) is 206 Å². The van der Waals surface area contributed by atoms with Crippen molar-refractivity contribution in [1.29, 1.82) is 0 Å². The third-order valence-corrected chi connectivity index (χ3v) is 4.86. The van der Waals surface area contributed by atoms with Crippen LogP contribution in [0.4, 0.5) is 0 Å². The van der Waals surface area contributed by atoms with E-state index in [-0.39, 0.29) is 37.3 Å². The van der Waals surface area contributed by atoms with Gasteiger partial charge in [0, 0.05) is 13.1 Å². The van der Waals surface area contributed by atoms with Gasteiger partial charge in [0.25, 0.3) is 0 Å². The number of nitrogens with one attached hydrogen (secondary N) is 2. The summed E-state index contributed by atoms with van der Waals surface area (Å²) in [6.07, 6.45) is 1.69. The molecule has 0 saturated carbocycles. The van der Waals surface area contributed by atoms with Crippen molar-refractivity contribution in [3.05, 3.63) is 0 Å². The van der Waals surface area contributed by atoms with Crippen LogP contribution in [-0.2, 0) is 19.2 Å². The first-order valence-corrected chi connectivity index (χ1v) is 9.97. The molecule has 30 heavy (non-hydrogen) atoms. The average molecular weight is 428 g/mol. The van der Waals surface area contributed by atoms with E-state index in [0.29, 0.717) is 25.8 Å². The first kappa shape index (κ1) is 25.1. The first-order chi connectivity index (χ1) is 14.1. The van der Waals surface area contributed by atoms with E-state index in [1.54, 1.807) is 13.8 Å². The van der Waals surface area contributed by atoms with Crippen LogP contribution in [0.15, 0.2) is 4.99 Å². The highest BCUT2D eigenvalue weighted by Gasteiger charge is 2.36. The quantitative estimate of drug-likeness (QED) is 0.120. The zero-order valence-electron chi connectivity index (χ0n) is 17.5. The molecule has 0 bridgehead atoms. The van der Waals surface area contributed by atoms with Crippen molar-refractivity contribution in [1.82, 2.24) is 15.5 Å². The molecule has 170 valence electrons. The second-order valence-electron chi connectivity index (χ2n) is 7.53. The number of hydrogen-bond acceptors (Lipinski definition) is 6. The second kappa shape index (κ2) is 12.0. The minimum Gasteiger partial charge on any atom is -0.480 e. The van der Waals surface area contributed by atoms with Crippen molar-refractivity contribution in [3.63, 3.8) is 0 Å². The minimum absolute atomic E-state index is 0.0901. The highest BCUT2D eigenvalue weighted by Crippen LogP contribution is 2.18. The van der Waals surface area contributed by atoms with Gasteiger partial charge in [0.1, 0.15) is 18.1 Å². The molecule has 0 aromatic rings. The lowest BCUT2D eigenvalue weighted by molar-refractivity contribution is -0.144. The second-order valence-corrected chi connectivity index (χ2v) is 7.53. The monoisotopic (exact) mass is 427 g/mol. The standard InChI is InChI=1S/C18H33N7O5/c1-10(2)14(17(29)30)24-15(27)11(5-3-7-22-18(20)21)23-16(28)12-6-4-8-25(12)13(26)9-19/h10-12,14H,3-9,19H2,1-2H3,(H,23,28)(H,24,27)(H,29,30)(H4,20,21,22). The molecule has 0 radical (unpaired) electrons. The Balaban J connectivity index is 2.89. The Kier molecular flexibility index (Phi) is 10.0. The zero-order valence-corrected chi connectivity index (χ0v) is 17.5. The van der Waals surface area contributed by atoms with E-state index in [1.165, 1.54) is 4.90 Å². The van der Waals surface area contributed by atoms with Gasteiger partial charge in [-0.1, -0.05) is 13.8 Å². The zero-order chi connectivity index (χ0) is 22.8.